The van der Waals surface area contributed by atoms with Crippen molar-refractivity contribution in [3.05, 3.63) is 0 Å². The van der Waals surface area contributed by atoms with E-state index in [1.54, 1.807) is 0 Å². The van der Waals surface area contributed by atoms with Gasteiger partial charge in [-0.2, -0.15) is 4.31 Å². The van der Waals surface area contributed by atoms with E-state index in [2.05, 4.69) is 4.31 Å². The number of hydrogen-bond donors (Lipinski definition) is 4. The smallest absolute Gasteiger partial charge is 0.302 e. The van der Waals surface area contributed by atoms with E-state index in [9.17, 15) is 9.13 Å². The molecule has 0 fully saturated rings. The number of rotatable bonds is 2. The summed E-state index contributed by atoms with van der Waals surface area (Å²) in [6, 6.07) is 0. The fourth-order valence-corrected chi connectivity index (χ4v) is 1.25. The number of phosphoric acid groups is 2. The van der Waals surface area contributed by atoms with Crippen LogP contribution in [0.3, 0.4) is 0 Å². The predicted molar refractivity (Wildman–Crippen MR) is 25.2 cm³/mol. The molecule has 0 aliphatic rings. The quantitative estimate of drug-likeness (QED) is 0.379. The third kappa shape index (κ3) is 18.5. The molecule has 0 aromatic heterocycles. The molecule has 78 valence electrons. The van der Waals surface area contributed by atoms with Gasteiger partial charge in [0.05, 0.1) is 0 Å². The van der Waals surface area contributed by atoms with Crippen LogP contribution in [0, 0.1) is 0 Å². The van der Waals surface area contributed by atoms with E-state index < -0.39 is 15.6 Å². The maximum absolute atomic E-state index is 9.63. The first-order valence-corrected chi connectivity index (χ1v) is 4.59. The minimum Gasteiger partial charge on any atom is -0.302 e. The fraction of sp³-hybridized carbons (Fsp3) is 0. The van der Waals surface area contributed by atoms with Gasteiger partial charge in [-0.15, -0.1) is 0 Å². The molecule has 0 spiro atoms. The van der Waals surface area contributed by atoms with Gasteiger partial charge in [0.15, 0.2) is 0 Å². The normalized spacial score (nSPS) is 11.3. The van der Waals surface area contributed by atoms with Crippen molar-refractivity contribution in [1.82, 2.24) is 0 Å². The summed E-state index contributed by atoms with van der Waals surface area (Å²) < 4.78 is 22.2. The predicted octanol–water partition coefficient (Wildman–Crippen LogP) is -0.817. The van der Waals surface area contributed by atoms with E-state index in [0.717, 1.165) is 0 Å². The second-order valence-corrected chi connectivity index (χ2v) is 3.68. The van der Waals surface area contributed by atoms with Gasteiger partial charge < -0.3 is 19.6 Å². The first-order chi connectivity index (χ1) is 3.71. The Labute approximate surface area is 88.0 Å². The molecule has 0 bridgehead atoms. The summed E-state index contributed by atoms with van der Waals surface area (Å²) in [5, 5.41) is 0. The molecular formula is H4AgCuO7P2. The molecule has 0 saturated heterocycles. The SMILES string of the molecule is O=P(O)(O)OP(=O)(O)O.[Ag].[Cu]. The van der Waals surface area contributed by atoms with Crippen molar-refractivity contribution >= 4 is 15.6 Å². The molecule has 0 amide bonds. The van der Waals surface area contributed by atoms with E-state index in [0.29, 0.717) is 0 Å². The topological polar surface area (TPSA) is 124 Å². The van der Waals surface area contributed by atoms with Crippen LogP contribution in [-0.4, -0.2) is 19.6 Å². The summed E-state index contributed by atoms with van der Waals surface area (Å²) in [5.74, 6) is 0. The van der Waals surface area contributed by atoms with Crippen LogP contribution in [0.4, 0.5) is 0 Å². The summed E-state index contributed by atoms with van der Waals surface area (Å²) in [7, 11) is -10.1. The molecule has 11 heavy (non-hydrogen) atoms. The van der Waals surface area contributed by atoms with Crippen molar-refractivity contribution in [2.75, 3.05) is 0 Å². The van der Waals surface area contributed by atoms with Crippen LogP contribution >= 0.6 is 15.6 Å². The van der Waals surface area contributed by atoms with E-state index in [-0.39, 0.29) is 39.4 Å². The number of hydrogen-bond acceptors (Lipinski definition) is 3. The van der Waals surface area contributed by atoms with E-state index in [4.69, 9.17) is 19.6 Å². The Morgan fingerprint density at radius 3 is 1.09 bits per heavy atom. The second kappa shape index (κ2) is 6.05. The van der Waals surface area contributed by atoms with Gasteiger partial charge in [0.2, 0.25) is 0 Å². The monoisotopic (exact) mass is 348 g/mol. The summed E-state index contributed by atoms with van der Waals surface area (Å²) in [5.41, 5.74) is 0. The molecule has 0 aromatic rings. The molecule has 7 nitrogen and oxygen atoms in total. The zero-order valence-electron chi connectivity index (χ0n) is 4.51. The van der Waals surface area contributed by atoms with E-state index in [1.165, 1.54) is 0 Å². The van der Waals surface area contributed by atoms with Gasteiger partial charge in [-0.25, -0.2) is 9.13 Å². The van der Waals surface area contributed by atoms with Crippen LogP contribution in [0.15, 0.2) is 0 Å². The fourth-order valence-electron chi connectivity index (χ4n) is 0.139. The zero-order chi connectivity index (χ0) is 7.71. The molecule has 0 rings (SSSR count). The first-order valence-electron chi connectivity index (χ1n) is 1.53. The van der Waals surface area contributed by atoms with Crippen molar-refractivity contribution in [2.45, 2.75) is 0 Å². The van der Waals surface area contributed by atoms with Gasteiger partial charge in [0, 0.05) is 39.4 Å². The van der Waals surface area contributed by atoms with Crippen LogP contribution in [0.5, 0.6) is 0 Å². The summed E-state index contributed by atoms with van der Waals surface area (Å²) in [6.45, 7) is 0. The van der Waals surface area contributed by atoms with E-state index >= 15 is 0 Å². The maximum atomic E-state index is 9.63. The molecule has 11 heteroatoms. The van der Waals surface area contributed by atoms with Gasteiger partial charge >= 0.3 is 15.6 Å². The van der Waals surface area contributed by atoms with E-state index in [1.807, 2.05) is 0 Å². The Balaban J connectivity index is -0.000000320. The molecule has 0 atom stereocenters. The zero-order valence-corrected chi connectivity index (χ0v) is 8.72. The van der Waals surface area contributed by atoms with Gasteiger partial charge in [0.25, 0.3) is 0 Å². The Morgan fingerprint density at radius 2 is 1.09 bits per heavy atom. The molecule has 0 aromatic carbocycles. The van der Waals surface area contributed by atoms with Gasteiger partial charge in [-0.3, -0.25) is 0 Å². The molecule has 0 heterocycles. The summed E-state index contributed by atoms with van der Waals surface area (Å²) in [4.78, 5) is 31.0. The molecular weight excluding hydrogens is 345 g/mol. The molecule has 0 aliphatic carbocycles. The second-order valence-electron chi connectivity index (χ2n) is 1.06. The van der Waals surface area contributed by atoms with Gasteiger partial charge in [-0.05, 0) is 0 Å². The Kier molecular flexibility index (Phi) is 10.1. The Morgan fingerprint density at radius 1 is 0.909 bits per heavy atom. The standard InChI is InChI=1S/Ag.Cu.H4O7P2/c;;1-8(2,3)7-9(4,5)6/h;;(H2,1,2,3)(H2,4,5,6). The molecule has 0 saturated carbocycles. The van der Waals surface area contributed by atoms with Gasteiger partial charge in [0.1, 0.15) is 0 Å². The van der Waals surface area contributed by atoms with Crippen molar-refractivity contribution in [3.8, 4) is 0 Å². The third-order valence-electron chi connectivity index (χ3n) is 0.213. The largest absolute Gasteiger partial charge is 0.478 e. The Hall–Kier alpha value is 1.52. The van der Waals surface area contributed by atoms with Crippen molar-refractivity contribution in [3.63, 3.8) is 0 Å². The molecule has 4 N–H and O–H groups in total. The van der Waals surface area contributed by atoms with Crippen LogP contribution in [-0.2, 0) is 52.9 Å². The third-order valence-corrected chi connectivity index (χ3v) is 1.91. The minimum atomic E-state index is -5.05. The minimum absolute atomic E-state index is 0. The van der Waals surface area contributed by atoms with Crippen molar-refractivity contribution in [2.24, 2.45) is 0 Å². The van der Waals surface area contributed by atoms with Crippen molar-refractivity contribution < 1.29 is 72.5 Å². The molecule has 0 aliphatic heterocycles. The maximum Gasteiger partial charge on any atom is 0.478 e. The van der Waals surface area contributed by atoms with Crippen LogP contribution < -0.4 is 0 Å². The van der Waals surface area contributed by atoms with Crippen molar-refractivity contribution in [1.29, 1.82) is 0 Å². The Bertz CT molecular complexity index is 157. The average Bonchev–Trinajstić information content (AvgIpc) is 1.14. The summed E-state index contributed by atoms with van der Waals surface area (Å²) >= 11 is 0. The summed E-state index contributed by atoms with van der Waals surface area (Å²) in [6.07, 6.45) is 0. The van der Waals surface area contributed by atoms with Gasteiger partial charge in [-0.1, -0.05) is 0 Å². The first kappa shape index (κ1) is 18.3. The van der Waals surface area contributed by atoms with Crippen LogP contribution in [0.25, 0.3) is 0 Å². The molecule has 2 radical (unpaired) electrons. The average molecular weight is 349 g/mol. The molecule has 0 unspecified atom stereocenters. The van der Waals surface area contributed by atoms with Crippen LogP contribution in [0.2, 0.25) is 0 Å². The van der Waals surface area contributed by atoms with Crippen LogP contribution in [0.1, 0.15) is 0 Å².